The van der Waals surface area contributed by atoms with Crippen LogP contribution in [0.4, 0.5) is 0 Å². The Kier molecular flexibility index (Phi) is 1.08. The molecule has 0 spiro atoms. The lowest BCUT2D eigenvalue weighted by atomic mass is 10.0. The van der Waals surface area contributed by atoms with Gasteiger partial charge in [-0.3, -0.25) is 5.32 Å². The summed E-state index contributed by atoms with van der Waals surface area (Å²) in [6, 6.07) is 0.628. The molecule has 2 rings (SSSR count). The SMILES string of the molecule is OC12CCCC(CC1)N2. The molecule has 2 aliphatic rings. The van der Waals surface area contributed by atoms with Crippen LogP contribution < -0.4 is 5.32 Å². The van der Waals surface area contributed by atoms with Crippen molar-refractivity contribution in [3.8, 4) is 0 Å². The van der Waals surface area contributed by atoms with Crippen LogP contribution in [0.15, 0.2) is 0 Å². The summed E-state index contributed by atoms with van der Waals surface area (Å²) in [6.07, 6.45) is 5.58. The number of rotatable bonds is 0. The molecule has 52 valence electrons. The molecule has 2 nitrogen and oxygen atoms in total. The van der Waals surface area contributed by atoms with Gasteiger partial charge in [-0.2, -0.15) is 0 Å². The van der Waals surface area contributed by atoms with Crippen LogP contribution in [0.25, 0.3) is 0 Å². The maximum absolute atomic E-state index is 9.61. The molecule has 0 saturated carbocycles. The Hall–Kier alpha value is -0.0800. The zero-order chi connectivity index (χ0) is 6.32. The largest absolute Gasteiger partial charge is 0.376 e. The highest BCUT2D eigenvalue weighted by Gasteiger charge is 2.39. The van der Waals surface area contributed by atoms with Crippen molar-refractivity contribution < 1.29 is 5.11 Å². The summed E-state index contributed by atoms with van der Waals surface area (Å²) in [5.41, 5.74) is -0.455. The fourth-order valence-electron chi connectivity index (χ4n) is 1.99. The van der Waals surface area contributed by atoms with Crippen molar-refractivity contribution in [2.75, 3.05) is 0 Å². The predicted octanol–water partition coefficient (Wildman–Crippen LogP) is 0.611. The zero-order valence-corrected chi connectivity index (χ0v) is 5.56. The van der Waals surface area contributed by atoms with Crippen LogP contribution in [0.2, 0.25) is 0 Å². The second-order valence-corrected chi connectivity index (χ2v) is 3.30. The average Bonchev–Trinajstić information content (AvgIpc) is 2.07. The summed E-state index contributed by atoms with van der Waals surface area (Å²) in [4.78, 5) is 0. The summed E-state index contributed by atoms with van der Waals surface area (Å²) < 4.78 is 0. The highest BCUT2D eigenvalue weighted by Crippen LogP contribution is 2.32. The molecule has 2 heterocycles. The van der Waals surface area contributed by atoms with Gasteiger partial charge in [0.2, 0.25) is 0 Å². The molecule has 2 atom stereocenters. The minimum Gasteiger partial charge on any atom is -0.376 e. The zero-order valence-electron chi connectivity index (χ0n) is 5.56. The first-order valence-corrected chi connectivity index (χ1v) is 3.79. The molecular weight excluding hydrogens is 114 g/mol. The second kappa shape index (κ2) is 1.70. The topological polar surface area (TPSA) is 32.3 Å². The van der Waals surface area contributed by atoms with Crippen molar-refractivity contribution in [2.45, 2.75) is 43.9 Å². The standard InChI is InChI=1S/C7H13NO/c9-7-4-1-2-6(8-7)3-5-7/h6,8-9H,1-5H2. The fraction of sp³-hybridized carbons (Fsp3) is 1.00. The van der Waals surface area contributed by atoms with Gasteiger partial charge in [-0.25, -0.2) is 0 Å². The van der Waals surface area contributed by atoms with E-state index in [9.17, 15) is 5.11 Å². The molecule has 0 radical (unpaired) electrons. The van der Waals surface area contributed by atoms with Gasteiger partial charge in [-0.15, -0.1) is 0 Å². The van der Waals surface area contributed by atoms with Gasteiger partial charge in [0.15, 0.2) is 0 Å². The molecule has 0 aromatic rings. The van der Waals surface area contributed by atoms with Crippen molar-refractivity contribution in [3.63, 3.8) is 0 Å². The Balaban J connectivity index is 2.13. The first-order chi connectivity index (χ1) is 4.29. The van der Waals surface area contributed by atoms with Crippen LogP contribution >= 0.6 is 0 Å². The quantitative estimate of drug-likeness (QED) is 0.499. The smallest absolute Gasteiger partial charge is 0.116 e. The molecule has 2 aliphatic heterocycles. The Morgan fingerprint density at radius 2 is 2.22 bits per heavy atom. The van der Waals surface area contributed by atoms with Gasteiger partial charge in [-0.1, -0.05) is 0 Å². The monoisotopic (exact) mass is 127 g/mol. The van der Waals surface area contributed by atoms with E-state index < -0.39 is 5.72 Å². The second-order valence-electron chi connectivity index (χ2n) is 3.30. The van der Waals surface area contributed by atoms with E-state index in [-0.39, 0.29) is 0 Å². The number of hydrogen-bond donors (Lipinski definition) is 2. The van der Waals surface area contributed by atoms with E-state index in [1.54, 1.807) is 0 Å². The summed E-state index contributed by atoms with van der Waals surface area (Å²) in [5, 5.41) is 12.8. The summed E-state index contributed by atoms with van der Waals surface area (Å²) >= 11 is 0. The molecule has 2 heteroatoms. The minimum atomic E-state index is -0.455. The molecule has 2 bridgehead atoms. The van der Waals surface area contributed by atoms with Gasteiger partial charge < -0.3 is 5.11 Å². The van der Waals surface area contributed by atoms with Gasteiger partial charge in [0.1, 0.15) is 5.72 Å². The van der Waals surface area contributed by atoms with Crippen molar-refractivity contribution in [3.05, 3.63) is 0 Å². The average molecular weight is 127 g/mol. The molecule has 0 aliphatic carbocycles. The fourth-order valence-corrected chi connectivity index (χ4v) is 1.99. The first-order valence-electron chi connectivity index (χ1n) is 3.79. The third kappa shape index (κ3) is 0.864. The van der Waals surface area contributed by atoms with E-state index in [1.165, 1.54) is 19.3 Å². The van der Waals surface area contributed by atoms with E-state index in [2.05, 4.69) is 5.32 Å². The van der Waals surface area contributed by atoms with Crippen molar-refractivity contribution in [1.29, 1.82) is 0 Å². The Morgan fingerprint density at radius 3 is 2.89 bits per heavy atom. The summed E-state index contributed by atoms with van der Waals surface area (Å²) in [6.45, 7) is 0. The van der Waals surface area contributed by atoms with Crippen LogP contribution in [0.1, 0.15) is 32.1 Å². The van der Waals surface area contributed by atoms with Crippen LogP contribution in [0.5, 0.6) is 0 Å². The molecule has 0 amide bonds. The number of nitrogens with one attached hydrogen (secondary N) is 1. The molecule has 2 saturated heterocycles. The lowest BCUT2D eigenvalue weighted by Gasteiger charge is -2.28. The van der Waals surface area contributed by atoms with Crippen LogP contribution in [0.3, 0.4) is 0 Å². The number of fused-ring (bicyclic) bond motifs is 2. The molecule has 2 N–H and O–H groups in total. The molecule has 0 aromatic heterocycles. The normalized spacial score (nSPS) is 49.7. The Morgan fingerprint density at radius 1 is 1.33 bits per heavy atom. The van der Waals surface area contributed by atoms with Crippen LogP contribution in [0, 0.1) is 0 Å². The van der Waals surface area contributed by atoms with E-state index in [0.717, 1.165) is 12.8 Å². The van der Waals surface area contributed by atoms with E-state index in [4.69, 9.17) is 0 Å². The third-order valence-electron chi connectivity index (χ3n) is 2.52. The Labute approximate surface area is 55.3 Å². The molecule has 0 aromatic carbocycles. The van der Waals surface area contributed by atoms with Crippen LogP contribution in [-0.2, 0) is 0 Å². The Bertz CT molecular complexity index is 122. The van der Waals surface area contributed by atoms with Crippen molar-refractivity contribution >= 4 is 0 Å². The molecular formula is C7H13NO. The maximum Gasteiger partial charge on any atom is 0.116 e. The number of hydrogen-bond acceptors (Lipinski definition) is 2. The number of aliphatic hydroxyl groups is 1. The van der Waals surface area contributed by atoms with Gasteiger partial charge >= 0.3 is 0 Å². The summed E-state index contributed by atoms with van der Waals surface area (Å²) in [5.74, 6) is 0. The van der Waals surface area contributed by atoms with Gasteiger partial charge in [0, 0.05) is 6.04 Å². The minimum absolute atomic E-state index is 0.455. The lowest BCUT2D eigenvalue weighted by molar-refractivity contribution is -0.00250. The first kappa shape index (κ1) is 5.69. The predicted molar refractivity (Wildman–Crippen MR) is 35.0 cm³/mol. The van der Waals surface area contributed by atoms with E-state index >= 15 is 0 Å². The van der Waals surface area contributed by atoms with Crippen LogP contribution in [-0.4, -0.2) is 16.9 Å². The molecule has 2 unspecified atom stereocenters. The highest BCUT2D eigenvalue weighted by atomic mass is 16.3. The van der Waals surface area contributed by atoms with Crippen molar-refractivity contribution in [2.24, 2.45) is 0 Å². The summed E-state index contributed by atoms with van der Waals surface area (Å²) in [7, 11) is 0. The molecule has 9 heavy (non-hydrogen) atoms. The van der Waals surface area contributed by atoms with Gasteiger partial charge in [0.25, 0.3) is 0 Å². The van der Waals surface area contributed by atoms with E-state index in [0.29, 0.717) is 6.04 Å². The van der Waals surface area contributed by atoms with Gasteiger partial charge in [0.05, 0.1) is 0 Å². The van der Waals surface area contributed by atoms with Crippen molar-refractivity contribution in [1.82, 2.24) is 5.32 Å². The number of piperidine rings is 1. The third-order valence-corrected chi connectivity index (χ3v) is 2.52. The lowest BCUT2D eigenvalue weighted by Crippen LogP contribution is -2.46. The van der Waals surface area contributed by atoms with Gasteiger partial charge in [-0.05, 0) is 32.1 Å². The molecule has 2 fully saturated rings. The van der Waals surface area contributed by atoms with E-state index in [1.807, 2.05) is 0 Å². The maximum atomic E-state index is 9.61. The highest BCUT2D eigenvalue weighted by molar-refractivity contribution is 4.93.